The predicted octanol–water partition coefficient (Wildman–Crippen LogP) is 2.56. The van der Waals surface area contributed by atoms with Crippen molar-refractivity contribution in [3.63, 3.8) is 0 Å². The van der Waals surface area contributed by atoms with Crippen molar-refractivity contribution in [1.29, 1.82) is 0 Å². The normalized spacial score (nSPS) is 9.80. The maximum Gasteiger partial charge on any atom is 0.148 e. The Balaban J connectivity index is 2.57. The van der Waals surface area contributed by atoms with Gasteiger partial charge >= 0.3 is 0 Å². The average molecular weight is 198 g/mol. The third-order valence-electron chi connectivity index (χ3n) is 2.17. The summed E-state index contributed by atoms with van der Waals surface area (Å²) in [6.45, 7) is 0.231. The molecule has 0 unspecified atom stereocenters. The van der Waals surface area contributed by atoms with Crippen LogP contribution in [0.4, 0.5) is 0 Å². The lowest BCUT2D eigenvalue weighted by Gasteiger charge is -2.07. The predicted molar refractivity (Wildman–Crippen MR) is 59.9 cm³/mol. The number of benzene rings is 2. The molecule has 0 saturated heterocycles. The first-order valence-electron chi connectivity index (χ1n) is 4.60. The van der Waals surface area contributed by atoms with E-state index in [0.29, 0.717) is 5.75 Å². The number of terminal acetylenes is 1. The summed E-state index contributed by atoms with van der Waals surface area (Å²) in [4.78, 5) is 0. The van der Waals surface area contributed by atoms with E-state index in [4.69, 9.17) is 11.2 Å². The van der Waals surface area contributed by atoms with Gasteiger partial charge in [-0.1, -0.05) is 30.2 Å². The van der Waals surface area contributed by atoms with Gasteiger partial charge in [-0.2, -0.15) is 0 Å². The first-order valence-corrected chi connectivity index (χ1v) is 4.60. The molecule has 0 radical (unpaired) electrons. The Kier molecular flexibility index (Phi) is 2.47. The van der Waals surface area contributed by atoms with Crippen LogP contribution in [0.25, 0.3) is 10.8 Å². The zero-order chi connectivity index (χ0) is 10.7. The second kappa shape index (κ2) is 3.93. The molecule has 0 bridgehead atoms. The Labute approximate surface area is 88.1 Å². The quantitative estimate of drug-likeness (QED) is 0.751. The molecule has 0 saturated carbocycles. The van der Waals surface area contributed by atoms with E-state index in [9.17, 15) is 5.11 Å². The van der Waals surface area contributed by atoms with E-state index in [1.165, 1.54) is 0 Å². The highest BCUT2D eigenvalue weighted by atomic mass is 16.5. The van der Waals surface area contributed by atoms with Gasteiger partial charge in [0.15, 0.2) is 0 Å². The van der Waals surface area contributed by atoms with Crippen LogP contribution in [-0.2, 0) is 0 Å². The van der Waals surface area contributed by atoms with Crippen LogP contribution in [0.5, 0.6) is 11.5 Å². The van der Waals surface area contributed by atoms with Crippen molar-refractivity contribution in [2.24, 2.45) is 0 Å². The summed E-state index contributed by atoms with van der Waals surface area (Å²) in [7, 11) is 0. The van der Waals surface area contributed by atoms with Crippen LogP contribution in [-0.4, -0.2) is 11.7 Å². The van der Waals surface area contributed by atoms with E-state index in [-0.39, 0.29) is 12.4 Å². The fourth-order valence-corrected chi connectivity index (χ4v) is 1.50. The van der Waals surface area contributed by atoms with Crippen LogP contribution >= 0.6 is 0 Å². The molecule has 0 heterocycles. The molecular weight excluding hydrogens is 188 g/mol. The molecule has 74 valence electrons. The van der Waals surface area contributed by atoms with Crippen LogP contribution in [0.2, 0.25) is 0 Å². The molecule has 0 aromatic heterocycles. The Hall–Kier alpha value is -2.14. The van der Waals surface area contributed by atoms with E-state index in [2.05, 4.69) is 5.92 Å². The summed E-state index contributed by atoms with van der Waals surface area (Å²) >= 11 is 0. The molecule has 15 heavy (non-hydrogen) atoms. The minimum absolute atomic E-state index is 0.231. The molecule has 2 nitrogen and oxygen atoms in total. The van der Waals surface area contributed by atoms with E-state index in [1.807, 2.05) is 24.3 Å². The van der Waals surface area contributed by atoms with Crippen molar-refractivity contribution >= 4 is 10.8 Å². The summed E-state index contributed by atoms with van der Waals surface area (Å²) in [5, 5.41) is 11.3. The number of ether oxygens (including phenoxy) is 1. The van der Waals surface area contributed by atoms with E-state index < -0.39 is 0 Å². The van der Waals surface area contributed by atoms with E-state index in [0.717, 1.165) is 10.8 Å². The van der Waals surface area contributed by atoms with Crippen molar-refractivity contribution < 1.29 is 9.84 Å². The third-order valence-corrected chi connectivity index (χ3v) is 2.17. The van der Waals surface area contributed by atoms with Gasteiger partial charge in [0.05, 0.1) is 0 Å². The molecule has 0 fully saturated rings. The van der Waals surface area contributed by atoms with Gasteiger partial charge in [0.2, 0.25) is 0 Å². The van der Waals surface area contributed by atoms with Crippen molar-refractivity contribution in [3.05, 3.63) is 36.4 Å². The molecule has 0 amide bonds. The molecule has 2 aromatic carbocycles. The summed E-state index contributed by atoms with van der Waals surface area (Å²) in [5.74, 6) is 3.36. The van der Waals surface area contributed by atoms with Crippen LogP contribution in [0.15, 0.2) is 36.4 Å². The van der Waals surface area contributed by atoms with Gasteiger partial charge in [-0.15, -0.1) is 6.42 Å². The summed E-state index contributed by atoms with van der Waals surface area (Å²) in [6.07, 6.45) is 5.13. The lowest BCUT2D eigenvalue weighted by molar-refractivity contribution is 0.374. The van der Waals surface area contributed by atoms with Crippen molar-refractivity contribution in [3.8, 4) is 23.8 Å². The Morgan fingerprint density at radius 1 is 1.13 bits per heavy atom. The highest BCUT2D eigenvalue weighted by Crippen LogP contribution is 2.31. The first kappa shape index (κ1) is 9.42. The lowest BCUT2D eigenvalue weighted by atomic mass is 10.1. The summed E-state index contributed by atoms with van der Waals surface area (Å²) in [6, 6.07) is 10.8. The van der Waals surface area contributed by atoms with Crippen molar-refractivity contribution in [2.75, 3.05) is 6.61 Å². The lowest BCUT2D eigenvalue weighted by Crippen LogP contribution is -1.93. The standard InChI is InChI=1S/C13H10O2/c1-2-9-15-13-8-7-12(14)10-5-3-4-6-11(10)13/h1,3-8,14H,9H2. The number of phenolic OH excluding ortho intramolecular Hbond substituents is 1. The smallest absolute Gasteiger partial charge is 0.148 e. The summed E-state index contributed by atoms with van der Waals surface area (Å²) in [5.41, 5.74) is 0. The largest absolute Gasteiger partial charge is 0.507 e. The third kappa shape index (κ3) is 1.72. The molecule has 0 aliphatic carbocycles. The first-order chi connectivity index (χ1) is 7.33. The van der Waals surface area contributed by atoms with Crippen LogP contribution < -0.4 is 4.74 Å². The number of phenols is 1. The zero-order valence-electron chi connectivity index (χ0n) is 8.10. The van der Waals surface area contributed by atoms with Gasteiger partial charge in [-0.25, -0.2) is 0 Å². The number of hydrogen-bond donors (Lipinski definition) is 1. The van der Waals surface area contributed by atoms with Crippen LogP contribution in [0.1, 0.15) is 0 Å². The molecule has 1 N–H and O–H groups in total. The molecule has 2 rings (SSSR count). The minimum Gasteiger partial charge on any atom is -0.507 e. The molecule has 0 atom stereocenters. The molecule has 2 aromatic rings. The Bertz CT molecular complexity index is 524. The highest BCUT2D eigenvalue weighted by Gasteiger charge is 2.04. The van der Waals surface area contributed by atoms with E-state index >= 15 is 0 Å². The summed E-state index contributed by atoms with van der Waals surface area (Å²) < 4.78 is 5.38. The van der Waals surface area contributed by atoms with Gasteiger partial charge in [-0.3, -0.25) is 0 Å². The van der Waals surface area contributed by atoms with Gasteiger partial charge in [-0.05, 0) is 12.1 Å². The molecule has 0 aliphatic rings. The number of aromatic hydroxyl groups is 1. The fourth-order valence-electron chi connectivity index (χ4n) is 1.50. The van der Waals surface area contributed by atoms with Gasteiger partial charge < -0.3 is 9.84 Å². The van der Waals surface area contributed by atoms with Gasteiger partial charge in [0, 0.05) is 10.8 Å². The van der Waals surface area contributed by atoms with Crippen molar-refractivity contribution in [1.82, 2.24) is 0 Å². The minimum atomic E-state index is 0.231. The average Bonchev–Trinajstić information content (AvgIpc) is 2.29. The van der Waals surface area contributed by atoms with Crippen LogP contribution in [0, 0.1) is 12.3 Å². The maximum absolute atomic E-state index is 9.63. The number of rotatable bonds is 2. The Morgan fingerprint density at radius 3 is 2.60 bits per heavy atom. The topological polar surface area (TPSA) is 29.5 Å². The second-order valence-corrected chi connectivity index (χ2v) is 3.12. The molecular formula is C13H10O2. The van der Waals surface area contributed by atoms with Gasteiger partial charge in [0.1, 0.15) is 18.1 Å². The fraction of sp³-hybridized carbons (Fsp3) is 0.0769. The second-order valence-electron chi connectivity index (χ2n) is 3.12. The molecule has 0 aliphatic heterocycles. The Morgan fingerprint density at radius 2 is 1.87 bits per heavy atom. The number of fused-ring (bicyclic) bond motifs is 1. The molecule has 2 heteroatoms. The number of hydrogen-bond acceptors (Lipinski definition) is 2. The van der Waals surface area contributed by atoms with Crippen molar-refractivity contribution in [2.45, 2.75) is 0 Å². The SMILES string of the molecule is C#CCOc1ccc(O)c2ccccc12. The van der Waals surface area contributed by atoms with E-state index in [1.54, 1.807) is 12.1 Å². The van der Waals surface area contributed by atoms with Crippen LogP contribution in [0.3, 0.4) is 0 Å². The van der Waals surface area contributed by atoms with Gasteiger partial charge in [0.25, 0.3) is 0 Å². The molecule has 0 spiro atoms. The highest BCUT2D eigenvalue weighted by molar-refractivity contribution is 5.92. The maximum atomic E-state index is 9.63. The monoisotopic (exact) mass is 198 g/mol. The zero-order valence-corrected chi connectivity index (χ0v) is 8.10.